The molecule has 0 spiro atoms. The van der Waals surface area contributed by atoms with Crippen molar-refractivity contribution >= 4 is 56.2 Å². The fourth-order valence-corrected chi connectivity index (χ4v) is 4.85. The van der Waals surface area contributed by atoms with E-state index in [1.54, 1.807) is 24.3 Å². The van der Waals surface area contributed by atoms with Gasteiger partial charge in [0.1, 0.15) is 5.02 Å². The third-order valence-electron chi connectivity index (χ3n) is 6.24. The van der Waals surface area contributed by atoms with Gasteiger partial charge in [-0.1, -0.05) is 71.8 Å². The molecule has 0 aliphatic rings. The van der Waals surface area contributed by atoms with E-state index >= 15 is 0 Å². The Labute approximate surface area is 255 Å². The van der Waals surface area contributed by atoms with Gasteiger partial charge in [-0.3, -0.25) is 9.59 Å². The van der Waals surface area contributed by atoms with Crippen molar-refractivity contribution in [2.45, 2.75) is 13.8 Å². The van der Waals surface area contributed by atoms with Crippen molar-refractivity contribution in [3.05, 3.63) is 116 Å². The van der Waals surface area contributed by atoms with Crippen LogP contribution in [0.1, 0.15) is 18.1 Å². The minimum absolute atomic E-state index is 0.192. The third kappa shape index (κ3) is 6.37. The summed E-state index contributed by atoms with van der Waals surface area (Å²) in [7, 11) is 0. The number of aryl methyl sites for hydroxylation is 1. The number of fused-ring (bicyclic) bond motifs is 1. The maximum atomic E-state index is 13.5. The molecule has 0 fully saturated rings. The quantitative estimate of drug-likeness (QED) is 0.173. The van der Waals surface area contributed by atoms with Gasteiger partial charge in [-0.2, -0.15) is 9.78 Å². The average molecular weight is 646 g/mol. The van der Waals surface area contributed by atoms with Crippen molar-refractivity contribution in [3.63, 3.8) is 0 Å². The van der Waals surface area contributed by atoms with Crippen LogP contribution in [0.3, 0.4) is 0 Å². The first kappa shape index (κ1) is 29.0. The number of carbonyl (C=O) groups is 1. The molecule has 0 saturated heterocycles. The van der Waals surface area contributed by atoms with Crippen LogP contribution < -0.4 is 20.3 Å². The number of hydrogen-bond donors (Lipinski definition) is 1. The molecule has 1 amide bonds. The smallest absolute Gasteiger partial charge is 0.282 e. The molecular weight excluding hydrogens is 620 g/mol. The molecule has 42 heavy (non-hydrogen) atoms. The number of hydrogen-bond acceptors (Lipinski definition) is 6. The number of rotatable bonds is 9. The fraction of sp³-hybridized carbons (Fsp3) is 0.125. The normalized spacial score (nSPS) is 11.1. The second-order valence-electron chi connectivity index (χ2n) is 9.24. The lowest BCUT2D eigenvalue weighted by molar-refractivity contribution is -0.118. The van der Waals surface area contributed by atoms with Crippen molar-refractivity contribution in [1.82, 2.24) is 9.66 Å². The molecule has 8 nitrogen and oxygen atoms in total. The Balaban J connectivity index is 1.48. The molecule has 0 aliphatic carbocycles. The van der Waals surface area contributed by atoms with Gasteiger partial charge < -0.3 is 14.8 Å². The molecule has 1 heterocycles. The molecular formula is C32H26BrClN4O4. The summed E-state index contributed by atoms with van der Waals surface area (Å²) in [5, 5.41) is 7.95. The van der Waals surface area contributed by atoms with Gasteiger partial charge >= 0.3 is 0 Å². The Kier molecular flexibility index (Phi) is 9.00. The summed E-state index contributed by atoms with van der Waals surface area (Å²) in [4.78, 5) is 30.8. The van der Waals surface area contributed by atoms with Crippen LogP contribution in [0, 0.1) is 6.92 Å². The molecule has 5 aromatic rings. The number of aromatic nitrogens is 2. The summed E-state index contributed by atoms with van der Waals surface area (Å²) in [6, 6.07) is 25.6. The summed E-state index contributed by atoms with van der Waals surface area (Å²) in [5.74, 6) is 0.566. The van der Waals surface area contributed by atoms with Gasteiger partial charge in [-0.25, -0.2) is 4.98 Å². The SMILES string of the molecule is CCOc1cc(C=Nn2c(-c3ccccc3)nc3ccccc3c2=O)c(Br)c(Cl)c1OCC(=O)Nc1ccc(C)cc1. The lowest BCUT2D eigenvalue weighted by Crippen LogP contribution is -2.21. The van der Waals surface area contributed by atoms with Gasteiger partial charge in [0.15, 0.2) is 23.9 Å². The predicted octanol–water partition coefficient (Wildman–Crippen LogP) is 7.09. The second-order valence-corrected chi connectivity index (χ2v) is 10.4. The summed E-state index contributed by atoms with van der Waals surface area (Å²) in [6.45, 7) is 3.83. The van der Waals surface area contributed by atoms with Crippen molar-refractivity contribution in [3.8, 4) is 22.9 Å². The lowest BCUT2D eigenvalue weighted by Gasteiger charge is -2.16. The van der Waals surface area contributed by atoms with E-state index in [9.17, 15) is 9.59 Å². The molecule has 0 aliphatic heterocycles. The summed E-state index contributed by atoms with van der Waals surface area (Å²) < 4.78 is 13.3. The van der Waals surface area contributed by atoms with E-state index in [0.29, 0.717) is 44.8 Å². The first-order chi connectivity index (χ1) is 20.4. The highest BCUT2D eigenvalue weighted by Crippen LogP contribution is 2.42. The maximum absolute atomic E-state index is 13.5. The average Bonchev–Trinajstić information content (AvgIpc) is 3.00. The highest BCUT2D eigenvalue weighted by Gasteiger charge is 2.19. The number of amides is 1. The predicted molar refractivity (Wildman–Crippen MR) is 170 cm³/mol. The molecule has 0 atom stereocenters. The molecule has 4 aromatic carbocycles. The van der Waals surface area contributed by atoms with E-state index in [1.807, 2.05) is 74.5 Å². The molecule has 10 heteroatoms. The van der Waals surface area contributed by atoms with Crippen LogP contribution in [0.4, 0.5) is 5.69 Å². The molecule has 0 saturated carbocycles. The van der Waals surface area contributed by atoms with E-state index in [1.165, 1.54) is 10.9 Å². The van der Waals surface area contributed by atoms with E-state index in [-0.39, 0.29) is 28.8 Å². The Hall–Kier alpha value is -4.47. The van der Waals surface area contributed by atoms with Crippen LogP contribution in [-0.4, -0.2) is 35.0 Å². The molecule has 1 N–H and O–H groups in total. The van der Waals surface area contributed by atoms with Gasteiger partial charge in [0.2, 0.25) is 0 Å². The minimum atomic E-state index is -0.351. The lowest BCUT2D eigenvalue weighted by atomic mass is 10.2. The number of nitrogens with zero attached hydrogens (tertiary/aromatic N) is 3. The number of nitrogens with one attached hydrogen (secondary N) is 1. The van der Waals surface area contributed by atoms with E-state index < -0.39 is 0 Å². The Bertz CT molecular complexity index is 1840. The summed E-state index contributed by atoms with van der Waals surface area (Å²) in [6.07, 6.45) is 1.50. The molecule has 0 bridgehead atoms. The zero-order valence-corrected chi connectivity index (χ0v) is 25.1. The molecule has 0 radical (unpaired) electrons. The number of para-hydroxylation sites is 1. The standard InChI is InChI=1S/C32H26BrClN4O4/c1-3-41-26-17-22(28(33)29(34)30(26)42-19-27(39)36-23-15-13-20(2)14-16-23)18-35-38-31(21-9-5-4-6-10-21)37-25-12-8-7-11-24(25)32(38)40/h4-18H,3,19H2,1-2H3,(H,36,39). The molecule has 5 rings (SSSR count). The van der Waals surface area contributed by atoms with Crippen LogP contribution >= 0.6 is 27.5 Å². The number of anilines is 1. The van der Waals surface area contributed by atoms with Crippen LogP contribution in [0.5, 0.6) is 11.5 Å². The largest absolute Gasteiger partial charge is 0.490 e. The van der Waals surface area contributed by atoms with Crippen LogP contribution in [0.25, 0.3) is 22.3 Å². The first-order valence-electron chi connectivity index (χ1n) is 13.1. The highest BCUT2D eigenvalue weighted by atomic mass is 79.9. The third-order valence-corrected chi connectivity index (χ3v) is 7.68. The van der Waals surface area contributed by atoms with Crippen LogP contribution in [-0.2, 0) is 4.79 Å². The van der Waals surface area contributed by atoms with Gasteiger partial charge in [-0.05, 0) is 60.1 Å². The van der Waals surface area contributed by atoms with Crippen molar-refractivity contribution < 1.29 is 14.3 Å². The van der Waals surface area contributed by atoms with Crippen molar-refractivity contribution in [2.75, 3.05) is 18.5 Å². The zero-order valence-electron chi connectivity index (χ0n) is 22.8. The van der Waals surface area contributed by atoms with Crippen LogP contribution in [0.15, 0.2) is 99.3 Å². The zero-order chi connectivity index (χ0) is 29.6. The van der Waals surface area contributed by atoms with Gasteiger partial charge in [0.05, 0.1) is 23.7 Å². The van der Waals surface area contributed by atoms with Gasteiger partial charge in [0.25, 0.3) is 11.5 Å². The summed E-state index contributed by atoms with van der Waals surface area (Å²) in [5.41, 5.74) is 3.26. The number of benzene rings is 4. The number of halogens is 2. The molecule has 0 unspecified atom stereocenters. The summed E-state index contributed by atoms with van der Waals surface area (Å²) >= 11 is 10.2. The monoisotopic (exact) mass is 644 g/mol. The number of ether oxygens (including phenoxy) is 2. The van der Waals surface area contributed by atoms with Crippen LogP contribution in [0.2, 0.25) is 5.02 Å². The maximum Gasteiger partial charge on any atom is 0.282 e. The van der Waals surface area contributed by atoms with E-state index in [0.717, 1.165) is 11.1 Å². The first-order valence-corrected chi connectivity index (χ1v) is 14.3. The van der Waals surface area contributed by atoms with E-state index in [2.05, 4.69) is 26.3 Å². The van der Waals surface area contributed by atoms with Gasteiger partial charge in [0, 0.05) is 21.3 Å². The Morgan fingerprint density at radius 2 is 1.76 bits per heavy atom. The second kappa shape index (κ2) is 13.0. The minimum Gasteiger partial charge on any atom is -0.490 e. The van der Waals surface area contributed by atoms with Crippen molar-refractivity contribution in [2.24, 2.45) is 5.10 Å². The fourth-order valence-electron chi connectivity index (χ4n) is 4.19. The van der Waals surface area contributed by atoms with E-state index in [4.69, 9.17) is 26.1 Å². The topological polar surface area (TPSA) is 94.8 Å². The molecule has 212 valence electrons. The number of carbonyl (C=O) groups excluding carboxylic acids is 1. The Morgan fingerprint density at radius 3 is 2.50 bits per heavy atom. The van der Waals surface area contributed by atoms with Gasteiger partial charge in [-0.15, -0.1) is 0 Å². The highest BCUT2D eigenvalue weighted by molar-refractivity contribution is 9.10. The van der Waals surface area contributed by atoms with Crippen molar-refractivity contribution in [1.29, 1.82) is 0 Å². The molecule has 1 aromatic heterocycles. The Morgan fingerprint density at radius 1 is 1.05 bits per heavy atom.